The molecule has 3 heterocycles. The number of nitrogens with zero attached hydrogens (tertiary/aromatic N) is 4. The van der Waals surface area contributed by atoms with E-state index in [4.69, 9.17) is 4.42 Å². The number of carbonyl (C=O) groups is 1. The SMILES string of the molecule is Cc1nc([C@H](C)NC(=O)c2coc(CN3CCc4ccccc4C3)n2)n[nH]1. The van der Waals surface area contributed by atoms with Gasteiger partial charge in [-0.2, -0.15) is 5.10 Å². The summed E-state index contributed by atoms with van der Waals surface area (Å²) in [6, 6.07) is 8.15. The summed E-state index contributed by atoms with van der Waals surface area (Å²) in [5.41, 5.74) is 3.00. The maximum absolute atomic E-state index is 12.4. The zero-order valence-corrected chi connectivity index (χ0v) is 15.4. The van der Waals surface area contributed by atoms with Crippen molar-refractivity contribution in [1.82, 2.24) is 30.4 Å². The van der Waals surface area contributed by atoms with E-state index in [0.29, 0.717) is 24.1 Å². The zero-order chi connectivity index (χ0) is 18.8. The molecule has 0 bridgehead atoms. The number of oxazole rings is 1. The molecule has 0 fully saturated rings. The lowest BCUT2D eigenvalue weighted by Gasteiger charge is -2.27. The number of aryl methyl sites for hydroxylation is 1. The van der Waals surface area contributed by atoms with Crippen LogP contribution >= 0.6 is 0 Å². The lowest BCUT2D eigenvalue weighted by atomic mass is 10.00. The molecule has 1 aliphatic rings. The van der Waals surface area contributed by atoms with Gasteiger partial charge in [0.25, 0.3) is 5.91 Å². The Morgan fingerprint density at radius 1 is 1.33 bits per heavy atom. The molecule has 0 saturated heterocycles. The van der Waals surface area contributed by atoms with Crippen LogP contribution in [0.5, 0.6) is 0 Å². The molecule has 1 atom stereocenters. The van der Waals surface area contributed by atoms with Gasteiger partial charge in [0.05, 0.1) is 12.6 Å². The third-order valence-electron chi connectivity index (χ3n) is 4.70. The second kappa shape index (κ2) is 7.32. The molecular weight excluding hydrogens is 344 g/mol. The van der Waals surface area contributed by atoms with Crippen molar-refractivity contribution in [2.24, 2.45) is 0 Å². The van der Waals surface area contributed by atoms with E-state index in [2.05, 4.69) is 54.6 Å². The first kappa shape index (κ1) is 17.4. The van der Waals surface area contributed by atoms with Gasteiger partial charge in [0.2, 0.25) is 5.89 Å². The molecule has 0 spiro atoms. The van der Waals surface area contributed by atoms with Gasteiger partial charge in [-0.25, -0.2) is 9.97 Å². The number of fused-ring (bicyclic) bond motifs is 1. The number of carbonyl (C=O) groups excluding carboxylic acids is 1. The number of hydrogen-bond donors (Lipinski definition) is 2. The van der Waals surface area contributed by atoms with Crippen molar-refractivity contribution in [3.8, 4) is 0 Å². The van der Waals surface area contributed by atoms with Gasteiger partial charge >= 0.3 is 0 Å². The van der Waals surface area contributed by atoms with Crippen LogP contribution in [0.25, 0.3) is 0 Å². The molecule has 0 unspecified atom stereocenters. The van der Waals surface area contributed by atoms with Gasteiger partial charge in [-0.1, -0.05) is 24.3 Å². The molecular formula is C19H22N6O2. The maximum Gasteiger partial charge on any atom is 0.273 e. The molecule has 2 aromatic heterocycles. The number of aromatic amines is 1. The van der Waals surface area contributed by atoms with Crippen LogP contribution in [0, 0.1) is 6.92 Å². The van der Waals surface area contributed by atoms with Crippen LogP contribution in [-0.4, -0.2) is 37.5 Å². The predicted octanol–water partition coefficient (Wildman–Crippen LogP) is 2.15. The number of hydrogen-bond acceptors (Lipinski definition) is 6. The zero-order valence-electron chi connectivity index (χ0n) is 15.4. The Morgan fingerprint density at radius 3 is 2.93 bits per heavy atom. The van der Waals surface area contributed by atoms with Crippen molar-refractivity contribution in [2.45, 2.75) is 39.4 Å². The van der Waals surface area contributed by atoms with E-state index in [9.17, 15) is 4.79 Å². The minimum Gasteiger partial charge on any atom is -0.447 e. The Labute approximate surface area is 157 Å². The molecule has 0 aliphatic carbocycles. The number of H-pyrrole nitrogens is 1. The highest BCUT2D eigenvalue weighted by Gasteiger charge is 2.21. The first-order chi connectivity index (χ1) is 13.1. The van der Waals surface area contributed by atoms with Crippen molar-refractivity contribution in [3.63, 3.8) is 0 Å². The summed E-state index contributed by atoms with van der Waals surface area (Å²) in [7, 11) is 0. The number of nitrogens with one attached hydrogen (secondary N) is 2. The van der Waals surface area contributed by atoms with Crippen molar-refractivity contribution >= 4 is 5.91 Å². The minimum absolute atomic E-state index is 0.265. The summed E-state index contributed by atoms with van der Waals surface area (Å²) in [5.74, 6) is 1.49. The quantitative estimate of drug-likeness (QED) is 0.718. The van der Waals surface area contributed by atoms with Crippen molar-refractivity contribution < 1.29 is 9.21 Å². The summed E-state index contributed by atoms with van der Waals surface area (Å²) < 4.78 is 5.52. The van der Waals surface area contributed by atoms with Crippen LogP contribution in [-0.2, 0) is 19.5 Å². The van der Waals surface area contributed by atoms with Gasteiger partial charge in [0, 0.05) is 13.1 Å². The van der Waals surface area contributed by atoms with Gasteiger partial charge in [0.1, 0.15) is 12.1 Å². The Hall–Kier alpha value is -3.00. The molecule has 4 rings (SSSR count). The Balaban J connectivity index is 1.36. The maximum atomic E-state index is 12.4. The average molecular weight is 366 g/mol. The number of amides is 1. The summed E-state index contributed by atoms with van der Waals surface area (Å²) in [4.78, 5) is 23.2. The topological polar surface area (TPSA) is 99.9 Å². The molecule has 8 heteroatoms. The number of rotatable bonds is 5. The summed E-state index contributed by atoms with van der Waals surface area (Å²) >= 11 is 0. The van der Waals surface area contributed by atoms with Crippen LogP contribution in [0.4, 0.5) is 0 Å². The molecule has 0 saturated carbocycles. The Morgan fingerprint density at radius 2 is 2.15 bits per heavy atom. The standard InChI is InChI=1S/C19H22N6O2/c1-12(18-21-13(2)23-24-18)20-19(26)16-11-27-17(22-16)10-25-8-7-14-5-3-4-6-15(14)9-25/h3-6,11-12H,7-10H2,1-2H3,(H,20,26)(H,21,23,24)/t12-/m0/s1. The Bertz CT molecular complexity index is 947. The van der Waals surface area contributed by atoms with Crippen molar-refractivity contribution in [1.29, 1.82) is 0 Å². The highest BCUT2D eigenvalue weighted by atomic mass is 16.3. The van der Waals surface area contributed by atoms with Crippen LogP contribution in [0.15, 0.2) is 34.9 Å². The van der Waals surface area contributed by atoms with E-state index in [-0.39, 0.29) is 17.6 Å². The fourth-order valence-corrected chi connectivity index (χ4v) is 3.26. The lowest BCUT2D eigenvalue weighted by molar-refractivity contribution is 0.0933. The third kappa shape index (κ3) is 3.90. The molecule has 27 heavy (non-hydrogen) atoms. The molecule has 0 radical (unpaired) electrons. The predicted molar refractivity (Wildman–Crippen MR) is 97.8 cm³/mol. The molecule has 1 aromatic carbocycles. The second-order valence-electron chi connectivity index (χ2n) is 6.83. The number of aromatic nitrogens is 4. The summed E-state index contributed by atoms with van der Waals surface area (Å²) in [5, 5.41) is 9.66. The third-order valence-corrected chi connectivity index (χ3v) is 4.70. The van der Waals surface area contributed by atoms with Gasteiger partial charge in [-0.3, -0.25) is 14.8 Å². The van der Waals surface area contributed by atoms with Gasteiger partial charge < -0.3 is 9.73 Å². The Kier molecular flexibility index (Phi) is 4.72. The van der Waals surface area contributed by atoms with E-state index in [1.807, 2.05) is 13.8 Å². The van der Waals surface area contributed by atoms with Crippen LogP contribution in [0.3, 0.4) is 0 Å². The van der Waals surface area contributed by atoms with Crippen LogP contribution < -0.4 is 5.32 Å². The van der Waals surface area contributed by atoms with E-state index in [0.717, 1.165) is 19.5 Å². The molecule has 3 aromatic rings. The molecule has 140 valence electrons. The molecule has 2 N–H and O–H groups in total. The molecule has 1 aliphatic heterocycles. The van der Waals surface area contributed by atoms with Gasteiger partial charge in [-0.05, 0) is 31.4 Å². The van der Waals surface area contributed by atoms with E-state index < -0.39 is 0 Å². The monoisotopic (exact) mass is 366 g/mol. The normalized spacial score (nSPS) is 15.3. The summed E-state index contributed by atoms with van der Waals surface area (Å²) in [6.45, 7) is 6.03. The first-order valence-corrected chi connectivity index (χ1v) is 9.02. The van der Waals surface area contributed by atoms with E-state index in [1.54, 1.807) is 0 Å². The number of benzene rings is 1. The van der Waals surface area contributed by atoms with Crippen LogP contribution in [0.2, 0.25) is 0 Å². The van der Waals surface area contributed by atoms with E-state index >= 15 is 0 Å². The minimum atomic E-state index is -0.318. The lowest BCUT2D eigenvalue weighted by Crippen LogP contribution is -2.30. The smallest absolute Gasteiger partial charge is 0.273 e. The van der Waals surface area contributed by atoms with Crippen LogP contribution in [0.1, 0.15) is 52.1 Å². The fraction of sp³-hybridized carbons (Fsp3) is 0.368. The molecule has 1 amide bonds. The van der Waals surface area contributed by atoms with E-state index in [1.165, 1.54) is 17.4 Å². The fourth-order valence-electron chi connectivity index (χ4n) is 3.26. The largest absolute Gasteiger partial charge is 0.447 e. The first-order valence-electron chi connectivity index (χ1n) is 9.02. The van der Waals surface area contributed by atoms with Gasteiger partial charge in [0.15, 0.2) is 11.5 Å². The van der Waals surface area contributed by atoms with Crippen molar-refractivity contribution in [2.75, 3.05) is 6.54 Å². The average Bonchev–Trinajstić information content (AvgIpc) is 3.31. The summed E-state index contributed by atoms with van der Waals surface area (Å²) in [6.07, 6.45) is 2.41. The highest BCUT2D eigenvalue weighted by molar-refractivity contribution is 5.92. The highest BCUT2D eigenvalue weighted by Crippen LogP contribution is 2.20. The second-order valence-corrected chi connectivity index (χ2v) is 6.83. The van der Waals surface area contributed by atoms with Crippen molar-refractivity contribution in [3.05, 3.63) is 64.9 Å². The van der Waals surface area contributed by atoms with Gasteiger partial charge in [-0.15, -0.1) is 0 Å². The molecule has 8 nitrogen and oxygen atoms in total.